The molecule has 0 aromatic heterocycles. The number of aliphatic hydroxyl groups excluding tert-OH is 1. The lowest BCUT2D eigenvalue weighted by Gasteiger charge is -2.05. The third-order valence-corrected chi connectivity index (χ3v) is 4.56. The van der Waals surface area contributed by atoms with E-state index in [1.807, 2.05) is 0 Å². The van der Waals surface area contributed by atoms with Crippen molar-refractivity contribution in [1.82, 2.24) is 0 Å². The van der Waals surface area contributed by atoms with E-state index in [-0.39, 0.29) is 11.1 Å². The lowest BCUT2D eigenvalue weighted by Crippen LogP contribution is -1.96. The van der Waals surface area contributed by atoms with Crippen molar-refractivity contribution in [1.29, 1.82) is 0 Å². The van der Waals surface area contributed by atoms with Gasteiger partial charge in [0.2, 0.25) is 6.29 Å². The maximum absolute atomic E-state index is 11.6. The van der Waals surface area contributed by atoms with Gasteiger partial charge in [0.15, 0.2) is 0 Å². The van der Waals surface area contributed by atoms with Gasteiger partial charge in [-0.15, -0.1) is 0 Å². The minimum atomic E-state index is -1.22. The minimum Gasteiger partial charge on any atom is -0.428 e. The SMILES string of the molecule is O=C1OC(=O)c2cc(Sc3ccc4c(c3)C(=O)OC4O)ccc21. The number of rotatable bonds is 2. The van der Waals surface area contributed by atoms with Crippen molar-refractivity contribution >= 4 is 29.7 Å². The lowest BCUT2D eigenvalue weighted by molar-refractivity contribution is -0.0547. The quantitative estimate of drug-likeness (QED) is 0.668. The fourth-order valence-electron chi connectivity index (χ4n) is 2.48. The van der Waals surface area contributed by atoms with Crippen LogP contribution in [0.2, 0.25) is 0 Å². The van der Waals surface area contributed by atoms with Crippen molar-refractivity contribution in [3.8, 4) is 0 Å². The first-order chi connectivity index (χ1) is 11.0. The van der Waals surface area contributed by atoms with Crippen LogP contribution < -0.4 is 0 Å². The molecule has 0 aliphatic carbocycles. The number of benzene rings is 2. The molecule has 0 bridgehead atoms. The zero-order valence-corrected chi connectivity index (χ0v) is 12.3. The molecule has 0 saturated carbocycles. The van der Waals surface area contributed by atoms with Crippen LogP contribution in [0.15, 0.2) is 46.2 Å². The maximum Gasteiger partial charge on any atom is 0.346 e. The molecule has 1 unspecified atom stereocenters. The molecule has 23 heavy (non-hydrogen) atoms. The largest absolute Gasteiger partial charge is 0.428 e. The second kappa shape index (κ2) is 4.94. The monoisotopic (exact) mass is 328 g/mol. The maximum atomic E-state index is 11.6. The summed E-state index contributed by atoms with van der Waals surface area (Å²) in [5, 5.41) is 9.56. The van der Waals surface area contributed by atoms with Crippen LogP contribution in [-0.2, 0) is 9.47 Å². The third kappa shape index (κ3) is 2.21. The number of hydrogen-bond acceptors (Lipinski definition) is 7. The molecule has 2 aliphatic rings. The van der Waals surface area contributed by atoms with Crippen molar-refractivity contribution in [2.24, 2.45) is 0 Å². The van der Waals surface area contributed by atoms with Crippen molar-refractivity contribution < 1.29 is 29.0 Å². The Kier molecular flexibility index (Phi) is 3.00. The highest BCUT2D eigenvalue weighted by atomic mass is 32.2. The van der Waals surface area contributed by atoms with Crippen LogP contribution in [0.5, 0.6) is 0 Å². The highest BCUT2D eigenvalue weighted by Gasteiger charge is 2.31. The Hall–Kier alpha value is -2.64. The number of fused-ring (bicyclic) bond motifs is 2. The molecule has 7 heteroatoms. The standard InChI is InChI=1S/C16H8O6S/c17-13-9-3-1-7(5-11(9)15(19)21-13)23-8-2-4-10-12(6-8)16(20)22-14(10)18/h1-6,13,17H. The van der Waals surface area contributed by atoms with Gasteiger partial charge in [0.1, 0.15) is 0 Å². The molecule has 0 radical (unpaired) electrons. The van der Waals surface area contributed by atoms with E-state index in [1.165, 1.54) is 17.8 Å². The second-order valence-corrected chi connectivity index (χ2v) is 6.14. The summed E-state index contributed by atoms with van der Waals surface area (Å²) >= 11 is 1.32. The van der Waals surface area contributed by atoms with Gasteiger partial charge in [0.25, 0.3) is 0 Å². The van der Waals surface area contributed by atoms with Crippen LogP contribution in [0.1, 0.15) is 42.9 Å². The summed E-state index contributed by atoms with van der Waals surface area (Å²) in [5.41, 5.74) is 1.23. The number of hydrogen-bond donors (Lipinski definition) is 1. The zero-order valence-electron chi connectivity index (χ0n) is 11.4. The first-order valence-electron chi connectivity index (χ1n) is 6.64. The van der Waals surface area contributed by atoms with E-state index < -0.39 is 24.2 Å². The molecular weight excluding hydrogens is 320 g/mol. The number of aliphatic hydroxyl groups is 1. The molecule has 2 aliphatic heterocycles. The van der Waals surface area contributed by atoms with Gasteiger partial charge >= 0.3 is 17.9 Å². The summed E-state index contributed by atoms with van der Waals surface area (Å²) in [6.07, 6.45) is -1.22. The molecule has 1 atom stereocenters. The van der Waals surface area contributed by atoms with Gasteiger partial charge in [0.05, 0.1) is 16.7 Å². The summed E-state index contributed by atoms with van der Waals surface area (Å²) in [5.74, 6) is -1.87. The summed E-state index contributed by atoms with van der Waals surface area (Å²) in [6.45, 7) is 0. The Morgan fingerprint density at radius 2 is 1.48 bits per heavy atom. The van der Waals surface area contributed by atoms with Crippen LogP contribution in [0.25, 0.3) is 0 Å². The van der Waals surface area contributed by atoms with E-state index in [0.717, 1.165) is 9.79 Å². The van der Waals surface area contributed by atoms with Crippen molar-refractivity contribution in [2.45, 2.75) is 16.1 Å². The summed E-state index contributed by atoms with van der Waals surface area (Å²) in [7, 11) is 0. The van der Waals surface area contributed by atoms with E-state index in [2.05, 4.69) is 4.74 Å². The van der Waals surface area contributed by atoms with Crippen LogP contribution in [0.3, 0.4) is 0 Å². The van der Waals surface area contributed by atoms with E-state index in [1.54, 1.807) is 30.3 Å². The van der Waals surface area contributed by atoms with Crippen molar-refractivity contribution in [3.63, 3.8) is 0 Å². The first-order valence-corrected chi connectivity index (χ1v) is 7.46. The van der Waals surface area contributed by atoms with Crippen molar-refractivity contribution in [2.75, 3.05) is 0 Å². The lowest BCUT2D eigenvalue weighted by atomic mass is 10.1. The number of ether oxygens (including phenoxy) is 2. The molecular formula is C16H8O6S. The first kappa shape index (κ1) is 14.0. The molecule has 0 spiro atoms. The summed E-state index contributed by atoms with van der Waals surface area (Å²) in [6, 6.07) is 9.80. The molecule has 114 valence electrons. The summed E-state index contributed by atoms with van der Waals surface area (Å²) in [4.78, 5) is 36.1. The minimum absolute atomic E-state index is 0.232. The van der Waals surface area contributed by atoms with E-state index >= 15 is 0 Å². The predicted octanol–water partition coefficient (Wildman–Crippen LogP) is 2.31. The topological polar surface area (TPSA) is 89.9 Å². The molecule has 0 fully saturated rings. The summed E-state index contributed by atoms with van der Waals surface area (Å²) < 4.78 is 9.28. The Morgan fingerprint density at radius 1 is 0.826 bits per heavy atom. The number of carbonyl (C=O) groups is 3. The number of cyclic esters (lactones) is 3. The number of esters is 3. The van der Waals surface area contributed by atoms with E-state index in [4.69, 9.17) is 4.74 Å². The fraction of sp³-hybridized carbons (Fsp3) is 0.0625. The Bertz CT molecular complexity index is 888. The predicted molar refractivity (Wildman–Crippen MR) is 77.1 cm³/mol. The second-order valence-electron chi connectivity index (χ2n) is 4.99. The average molecular weight is 328 g/mol. The molecule has 0 amide bonds. The molecule has 0 saturated heterocycles. The number of carbonyl (C=O) groups excluding carboxylic acids is 3. The molecule has 6 nitrogen and oxygen atoms in total. The fourth-order valence-corrected chi connectivity index (χ4v) is 3.38. The Labute approximate surface area is 134 Å². The van der Waals surface area contributed by atoms with E-state index in [9.17, 15) is 19.5 Å². The zero-order chi connectivity index (χ0) is 16.1. The molecule has 1 N–H and O–H groups in total. The van der Waals surface area contributed by atoms with Gasteiger partial charge in [0, 0.05) is 15.4 Å². The normalized spacial score (nSPS) is 18.5. The van der Waals surface area contributed by atoms with Gasteiger partial charge in [-0.1, -0.05) is 17.8 Å². The van der Waals surface area contributed by atoms with Crippen LogP contribution in [-0.4, -0.2) is 23.0 Å². The van der Waals surface area contributed by atoms with Crippen LogP contribution in [0.4, 0.5) is 0 Å². The van der Waals surface area contributed by atoms with Gasteiger partial charge in [-0.25, -0.2) is 14.4 Å². The van der Waals surface area contributed by atoms with Crippen LogP contribution in [0, 0.1) is 0 Å². The molecule has 2 heterocycles. The highest BCUT2D eigenvalue weighted by Crippen LogP contribution is 2.36. The molecule has 4 rings (SSSR count). The molecule has 2 aromatic carbocycles. The van der Waals surface area contributed by atoms with E-state index in [0.29, 0.717) is 11.1 Å². The smallest absolute Gasteiger partial charge is 0.346 e. The van der Waals surface area contributed by atoms with Crippen molar-refractivity contribution in [3.05, 3.63) is 58.7 Å². The highest BCUT2D eigenvalue weighted by molar-refractivity contribution is 7.99. The third-order valence-electron chi connectivity index (χ3n) is 3.58. The molecule has 2 aromatic rings. The Morgan fingerprint density at radius 3 is 2.26 bits per heavy atom. The van der Waals surface area contributed by atoms with Gasteiger partial charge in [-0.3, -0.25) is 0 Å². The van der Waals surface area contributed by atoms with Gasteiger partial charge < -0.3 is 14.6 Å². The van der Waals surface area contributed by atoms with Gasteiger partial charge in [-0.05, 0) is 30.3 Å². The van der Waals surface area contributed by atoms with Crippen LogP contribution >= 0.6 is 11.8 Å². The average Bonchev–Trinajstić information content (AvgIpc) is 2.96. The Balaban J connectivity index is 1.66. The van der Waals surface area contributed by atoms with Gasteiger partial charge in [-0.2, -0.15) is 0 Å².